The molecular formula is C14H15ClN4S. The molecule has 1 heterocycles. The molecule has 0 radical (unpaired) electrons. The van der Waals surface area contributed by atoms with Gasteiger partial charge in [0, 0.05) is 22.3 Å². The van der Waals surface area contributed by atoms with E-state index in [2.05, 4.69) is 39.6 Å². The molecule has 0 spiro atoms. The third kappa shape index (κ3) is 3.35. The Labute approximate surface area is 127 Å². The van der Waals surface area contributed by atoms with Gasteiger partial charge in [0.2, 0.25) is 5.95 Å². The topological polar surface area (TPSA) is 63.8 Å². The Kier molecular flexibility index (Phi) is 3.72. The highest BCUT2D eigenvalue weighted by Gasteiger charge is 2.43. The number of aromatic nitrogens is 2. The zero-order valence-electron chi connectivity index (χ0n) is 10.8. The largest absolute Gasteiger partial charge is 0.368 e. The van der Waals surface area contributed by atoms with Crippen molar-refractivity contribution in [3.8, 4) is 0 Å². The van der Waals surface area contributed by atoms with Gasteiger partial charge in [-0.25, -0.2) is 4.98 Å². The third-order valence-electron chi connectivity index (χ3n) is 3.19. The van der Waals surface area contributed by atoms with E-state index in [4.69, 9.17) is 17.3 Å². The molecule has 2 aromatic rings. The van der Waals surface area contributed by atoms with E-state index in [1.807, 2.05) is 17.8 Å². The van der Waals surface area contributed by atoms with Crippen LogP contribution in [-0.2, 0) is 0 Å². The van der Waals surface area contributed by atoms with Crippen molar-refractivity contribution in [1.29, 1.82) is 0 Å². The van der Waals surface area contributed by atoms with Crippen LogP contribution in [0.2, 0.25) is 5.15 Å². The van der Waals surface area contributed by atoms with Crippen molar-refractivity contribution in [2.75, 3.05) is 17.6 Å². The third-order valence-corrected chi connectivity index (χ3v) is 4.88. The Bertz CT molecular complexity index is 581. The molecule has 1 saturated carbocycles. The minimum absolute atomic E-state index is 0.195. The molecule has 1 aliphatic carbocycles. The number of hydrogen-bond acceptors (Lipinski definition) is 5. The summed E-state index contributed by atoms with van der Waals surface area (Å²) in [5, 5.41) is 3.67. The van der Waals surface area contributed by atoms with Crippen LogP contribution in [0.4, 0.5) is 11.8 Å². The number of benzene rings is 1. The Balaban J connectivity index is 1.63. The van der Waals surface area contributed by atoms with E-state index in [9.17, 15) is 0 Å². The number of nitrogen functional groups attached to an aromatic ring is 1. The smallest absolute Gasteiger partial charge is 0.223 e. The Hall–Kier alpha value is -1.46. The quantitative estimate of drug-likeness (QED) is 0.828. The van der Waals surface area contributed by atoms with Crippen molar-refractivity contribution < 1.29 is 0 Å². The number of nitrogens with zero attached hydrogens (tertiary/aromatic N) is 2. The maximum absolute atomic E-state index is 5.87. The summed E-state index contributed by atoms with van der Waals surface area (Å²) < 4.78 is 0.257. The molecule has 4 nitrogen and oxygen atoms in total. The number of rotatable bonds is 5. The standard InChI is InChI=1S/C14H15ClN4S/c15-11-8-12(19-13(16)18-11)17-9-14(6-7-14)20-10-4-2-1-3-5-10/h1-5,8H,6-7,9H2,(H3,16,17,18,19). The lowest BCUT2D eigenvalue weighted by molar-refractivity contribution is 0.934. The summed E-state index contributed by atoms with van der Waals surface area (Å²) in [6.07, 6.45) is 2.40. The SMILES string of the molecule is Nc1nc(Cl)cc(NCC2(Sc3ccccc3)CC2)n1. The van der Waals surface area contributed by atoms with Crippen LogP contribution in [0.5, 0.6) is 0 Å². The molecule has 1 aromatic carbocycles. The Morgan fingerprint density at radius 3 is 2.65 bits per heavy atom. The predicted octanol–water partition coefficient (Wildman–Crippen LogP) is 3.45. The maximum atomic E-state index is 5.87. The van der Waals surface area contributed by atoms with Gasteiger partial charge in [0.05, 0.1) is 0 Å². The molecule has 1 aliphatic rings. The average molecular weight is 307 g/mol. The van der Waals surface area contributed by atoms with Crippen LogP contribution in [0.15, 0.2) is 41.3 Å². The number of nitrogens with one attached hydrogen (secondary N) is 1. The van der Waals surface area contributed by atoms with Crippen LogP contribution < -0.4 is 11.1 Å². The number of anilines is 2. The summed E-state index contributed by atoms with van der Waals surface area (Å²) >= 11 is 7.78. The van der Waals surface area contributed by atoms with E-state index in [-0.39, 0.29) is 10.7 Å². The van der Waals surface area contributed by atoms with E-state index in [0.29, 0.717) is 11.0 Å². The minimum atomic E-state index is 0.195. The van der Waals surface area contributed by atoms with Gasteiger partial charge in [-0.2, -0.15) is 4.98 Å². The molecule has 0 saturated heterocycles. The van der Waals surface area contributed by atoms with Crippen molar-refractivity contribution in [3.05, 3.63) is 41.6 Å². The van der Waals surface area contributed by atoms with E-state index in [0.717, 1.165) is 6.54 Å². The summed E-state index contributed by atoms with van der Waals surface area (Å²) in [6.45, 7) is 0.847. The fourth-order valence-electron chi connectivity index (χ4n) is 1.97. The van der Waals surface area contributed by atoms with Crippen molar-refractivity contribution in [2.45, 2.75) is 22.5 Å². The van der Waals surface area contributed by atoms with Crippen molar-refractivity contribution in [2.24, 2.45) is 0 Å². The van der Waals surface area contributed by atoms with Crippen LogP contribution in [0.3, 0.4) is 0 Å². The first-order valence-electron chi connectivity index (χ1n) is 6.43. The molecule has 3 rings (SSSR count). The van der Waals surface area contributed by atoms with Crippen molar-refractivity contribution in [1.82, 2.24) is 9.97 Å². The van der Waals surface area contributed by atoms with E-state index < -0.39 is 0 Å². The van der Waals surface area contributed by atoms with Crippen LogP contribution >= 0.6 is 23.4 Å². The van der Waals surface area contributed by atoms with Gasteiger partial charge >= 0.3 is 0 Å². The van der Waals surface area contributed by atoms with Gasteiger partial charge in [0.25, 0.3) is 0 Å². The van der Waals surface area contributed by atoms with Gasteiger partial charge in [-0.05, 0) is 25.0 Å². The van der Waals surface area contributed by atoms with E-state index >= 15 is 0 Å². The molecule has 0 unspecified atom stereocenters. The van der Waals surface area contributed by atoms with Crippen LogP contribution in [0, 0.1) is 0 Å². The minimum Gasteiger partial charge on any atom is -0.368 e. The first kappa shape index (κ1) is 13.5. The molecule has 0 atom stereocenters. The second-order valence-corrected chi connectivity index (χ2v) is 6.81. The summed E-state index contributed by atoms with van der Waals surface area (Å²) in [4.78, 5) is 9.28. The molecule has 0 aliphatic heterocycles. The van der Waals surface area contributed by atoms with Crippen LogP contribution in [0.1, 0.15) is 12.8 Å². The number of thioether (sulfide) groups is 1. The molecule has 3 N–H and O–H groups in total. The number of halogens is 1. The summed E-state index contributed by atoms with van der Waals surface area (Å²) in [7, 11) is 0. The Morgan fingerprint density at radius 1 is 1.25 bits per heavy atom. The average Bonchev–Trinajstić information content (AvgIpc) is 3.17. The fourth-order valence-corrected chi connectivity index (χ4v) is 3.40. The van der Waals surface area contributed by atoms with Gasteiger partial charge in [-0.1, -0.05) is 29.8 Å². The van der Waals surface area contributed by atoms with Crippen LogP contribution in [0.25, 0.3) is 0 Å². The highest BCUT2D eigenvalue weighted by atomic mass is 35.5. The van der Waals surface area contributed by atoms with Gasteiger partial charge in [0.1, 0.15) is 11.0 Å². The zero-order valence-corrected chi connectivity index (χ0v) is 12.4. The lowest BCUT2D eigenvalue weighted by atomic mass is 10.4. The number of nitrogens with two attached hydrogens (primary N) is 1. The molecule has 0 amide bonds. The van der Waals surface area contributed by atoms with Crippen molar-refractivity contribution in [3.63, 3.8) is 0 Å². The lowest BCUT2D eigenvalue weighted by Gasteiger charge is -2.16. The highest BCUT2D eigenvalue weighted by Crippen LogP contribution is 2.51. The van der Waals surface area contributed by atoms with Crippen molar-refractivity contribution >= 4 is 35.1 Å². The highest BCUT2D eigenvalue weighted by molar-refractivity contribution is 8.01. The molecule has 20 heavy (non-hydrogen) atoms. The molecule has 1 fully saturated rings. The summed E-state index contributed by atoms with van der Waals surface area (Å²) in [5.41, 5.74) is 5.59. The van der Waals surface area contributed by atoms with Gasteiger partial charge in [-0.3, -0.25) is 0 Å². The molecule has 6 heteroatoms. The fraction of sp³-hybridized carbons (Fsp3) is 0.286. The molecule has 1 aromatic heterocycles. The normalized spacial score (nSPS) is 15.8. The predicted molar refractivity (Wildman–Crippen MR) is 84.2 cm³/mol. The summed E-state index contributed by atoms with van der Waals surface area (Å²) in [6, 6.07) is 12.1. The van der Waals surface area contributed by atoms with Gasteiger partial charge in [-0.15, -0.1) is 11.8 Å². The Morgan fingerprint density at radius 2 is 2.00 bits per heavy atom. The first-order chi connectivity index (χ1) is 9.65. The monoisotopic (exact) mass is 306 g/mol. The van der Waals surface area contributed by atoms with Crippen LogP contribution in [-0.4, -0.2) is 21.3 Å². The van der Waals surface area contributed by atoms with E-state index in [1.165, 1.54) is 17.7 Å². The second kappa shape index (κ2) is 5.50. The zero-order chi connectivity index (χ0) is 14.0. The molecular weight excluding hydrogens is 292 g/mol. The molecule has 104 valence electrons. The number of hydrogen-bond donors (Lipinski definition) is 2. The summed E-state index contributed by atoms with van der Waals surface area (Å²) in [5.74, 6) is 0.878. The first-order valence-corrected chi connectivity index (χ1v) is 7.63. The maximum Gasteiger partial charge on any atom is 0.223 e. The van der Waals surface area contributed by atoms with E-state index in [1.54, 1.807) is 6.07 Å². The van der Waals surface area contributed by atoms with Gasteiger partial charge < -0.3 is 11.1 Å². The second-order valence-electron chi connectivity index (χ2n) is 4.89. The molecule has 0 bridgehead atoms. The lowest BCUT2D eigenvalue weighted by Crippen LogP contribution is -2.18. The van der Waals surface area contributed by atoms with Gasteiger partial charge in [0.15, 0.2) is 0 Å².